The topological polar surface area (TPSA) is 65.8 Å². The molecular formula is C9H12BFN2O3. The highest BCUT2D eigenvalue weighted by Crippen LogP contribution is 2.11. The molecular weight excluding hydrogens is 214 g/mol. The molecule has 5 nitrogen and oxygen atoms in total. The third kappa shape index (κ3) is 2.49. The largest absolute Gasteiger partial charge is 0.488 e. The lowest BCUT2D eigenvalue weighted by Gasteiger charge is -2.28. The van der Waals surface area contributed by atoms with Crippen molar-refractivity contribution in [3.63, 3.8) is 0 Å². The van der Waals surface area contributed by atoms with E-state index >= 15 is 0 Å². The zero-order chi connectivity index (χ0) is 11.5. The van der Waals surface area contributed by atoms with Crippen LogP contribution in [0.25, 0.3) is 0 Å². The first-order valence-corrected chi connectivity index (χ1v) is 5.03. The summed E-state index contributed by atoms with van der Waals surface area (Å²) in [6.45, 7) is 2.37. The van der Waals surface area contributed by atoms with E-state index in [9.17, 15) is 4.39 Å². The van der Waals surface area contributed by atoms with Crippen molar-refractivity contribution in [3.05, 3.63) is 18.1 Å². The second-order valence-corrected chi connectivity index (χ2v) is 3.55. The van der Waals surface area contributed by atoms with Crippen LogP contribution < -0.4 is 10.4 Å². The number of ether oxygens (including phenoxy) is 1. The number of morpholine rings is 1. The number of aromatic nitrogens is 1. The molecule has 1 aliphatic heterocycles. The van der Waals surface area contributed by atoms with Crippen LogP contribution in [0.2, 0.25) is 0 Å². The Morgan fingerprint density at radius 3 is 2.62 bits per heavy atom. The van der Waals surface area contributed by atoms with E-state index in [1.807, 2.05) is 4.90 Å². The van der Waals surface area contributed by atoms with Crippen LogP contribution in [-0.4, -0.2) is 48.5 Å². The van der Waals surface area contributed by atoms with Gasteiger partial charge in [0, 0.05) is 13.1 Å². The van der Waals surface area contributed by atoms with Crippen LogP contribution in [-0.2, 0) is 4.74 Å². The summed E-state index contributed by atoms with van der Waals surface area (Å²) in [7, 11) is -1.68. The summed E-state index contributed by atoms with van der Waals surface area (Å²) < 4.78 is 18.3. The maximum Gasteiger partial charge on any atom is 0.488 e. The number of hydrogen-bond acceptors (Lipinski definition) is 5. The summed E-state index contributed by atoms with van der Waals surface area (Å²) >= 11 is 0. The van der Waals surface area contributed by atoms with E-state index in [-0.39, 0.29) is 5.46 Å². The predicted octanol–water partition coefficient (Wildman–Crippen LogP) is -1.26. The number of hydrogen-bond donors (Lipinski definition) is 2. The fourth-order valence-corrected chi connectivity index (χ4v) is 1.61. The number of rotatable bonds is 2. The number of pyridine rings is 1. The minimum absolute atomic E-state index is 0.106. The first kappa shape index (κ1) is 11.3. The Balaban J connectivity index is 2.25. The summed E-state index contributed by atoms with van der Waals surface area (Å²) in [5.41, 5.74) is 0.106. The SMILES string of the molecule is OB(O)c1cc(F)nc(N2CCOCC2)c1. The molecule has 0 saturated carbocycles. The van der Waals surface area contributed by atoms with Crippen LogP contribution in [0.15, 0.2) is 12.1 Å². The van der Waals surface area contributed by atoms with E-state index < -0.39 is 13.1 Å². The third-order valence-electron chi connectivity index (χ3n) is 2.44. The average Bonchev–Trinajstić information content (AvgIpc) is 2.29. The van der Waals surface area contributed by atoms with Crippen molar-refractivity contribution in [2.24, 2.45) is 0 Å². The number of anilines is 1. The van der Waals surface area contributed by atoms with Crippen molar-refractivity contribution >= 4 is 18.4 Å². The smallest absolute Gasteiger partial charge is 0.423 e. The van der Waals surface area contributed by atoms with E-state index in [0.717, 1.165) is 6.07 Å². The zero-order valence-corrected chi connectivity index (χ0v) is 8.64. The molecule has 0 amide bonds. The molecule has 1 aromatic rings. The van der Waals surface area contributed by atoms with E-state index in [4.69, 9.17) is 14.8 Å². The molecule has 2 heterocycles. The Kier molecular flexibility index (Phi) is 3.38. The molecule has 0 unspecified atom stereocenters. The monoisotopic (exact) mass is 226 g/mol. The van der Waals surface area contributed by atoms with Crippen LogP contribution in [0, 0.1) is 5.95 Å². The van der Waals surface area contributed by atoms with Crippen LogP contribution in [0.5, 0.6) is 0 Å². The van der Waals surface area contributed by atoms with Gasteiger partial charge in [-0.3, -0.25) is 0 Å². The molecule has 2 N–H and O–H groups in total. The molecule has 16 heavy (non-hydrogen) atoms. The van der Waals surface area contributed by atoms with Gasteiger partial charge in [-0.1, -0.05) is 0 Å². The van der Waals surface area contributed by atoms with Gasteiger partial charge in [0.2, 0.25) is 5.95 Å². The van der Waals surface area contributed by atoms with Gasteiger partial charge in [-0.25, -0.2) is 4.98 Å². The highest BCUT2D eigenvalue weighted by atomic mass is 19.1. The maximum atomic E-state index is 13.2. The molecule has 1 aliphatic rings. The second-order valence-electron chi connectivity index (χ2n) is 3.55. The van der Waals surface area contributed by atoms with Gasteiger partial charge >= 0.3 is 7.12 Å². The Labute approximate surface area is 92.6 Å². The van der Waals surface area contributed by atoms with Gasteiger partial charge in [-0.15, -0.1) is 0 Å². The van der Waals surface area contributed by atoms with E-state index in [0.29, 0.717) is 32.1 Å². The molecule has 0 bridgehead atoms. The quantitative estimate of drug-likeness (QED) is 0.486. The number of halogens is 1. The molecule has 0 aromatic carbocycles. The first-order valence-electron chi connectivity index (χ1n) is 5.03. The van der Waals surface area contributed by atoms with Crippen molar-refractivity contribution in [1.82, 2.24) is 4.98 Å². The summed E-state index contributed by atoms with van der Waals surface area (Å²) in [5.74, 6) is -0.307. The van der Waals surface area contributed by atoms with Gasteiger partial charge < -0.3 is 19.7 Å². The number of nitrogens with zero attached hydrogens (tertiary/aromatic N) is 2. The molecule has 0 aliphatic carbocycles. The Morgan fingerprint density at radius 1 is 1.31 bits per heavy atom. The van der Waals surface area contributed by atoms with Crippen LogP contribution in [0.4, 0.5) is 10.2 Å². The van der Waals surface area contributed by atoms with Crippen LogP contribution in [0.3, 0.4) is 0 Å². The fourth-order valence-electron chi connectivity index (χ4n) is 1.61. The fraction of sp³-hybridized carbons (Fsp3) is 0.444. The highest BCUT2D eigenvalue weighted by molar-refractivity contribution is 6.58. The molecule has 86 valence electrons. The highest BCUT2D eigenvalue weighted by Gasteiger charge is 2.18. The molecule has 1 saturated heterocycles. The zero-order valence-electron chi connectivity index (χ0n) is 8.64. The molecule has 0 radical (unpaired) electrons. The lowest BCUT2D eigenvalue weighted by molar-refractivity contribution is 0.122. The Bertz CT molecular complexity index is 372. The standard InChI is InChI=1S/C9H12BFN2O3/c11-8-5-7(10(14)15)6-9(12-8)13-1-3-16-4-2-13/h5-6,14-15H,1-4H2. The summed E-state index contributed by atoms with van der Waals surface area (Å²) in [6, 6.07) is 2.48. The van der Waals surface area contributed by atoms with E-state index in [1.54, 1.807) is 0 Å². The van der Waals surface area contributed by atoms with Crippen LogP contribution in [0.1, 0.15) is 0 Å². The maximum absolute atomic E-state index is 13.2. The minimum Gasteiger partial charge on any atom is -0.423 e. The minimum atomic E-state index is -1.68. The normalized spacial score (nSPS) is 16.3. The van der Waals surface area contributed by atoms with Crippen molar-refractivity contribution in [2.45, 2.75) is 0 Å². The van der Waals surface area contributed by atoms with Crippen LogP contribution >= 0.6 is 0 Å². The lowest BCUT2D eigenvalue weighted by Crippen LogP contribution is -2.38. The van der Waals surface area contributed by atoms with Gasteiger partial charge in [0.25, 0.3) is 0 Å². The van der Waals surface area contributed by atoms with Gasteiger partial charge in [-0.05, 0) is 17.6 Å². The summed E-state index contributed by atoms with van der Waals surface area (Å²) in [4.78, 5) is 5.57. The molecule has 0 atom stereocenters. The Morgan fingerprint density at radius 2 is 2.00 bits per heavy atom. The summed E-state index contributed by atoms with van der Waals surface area (Å²) in [6.07, 6.45) is 0. The molecule has 2 rings (SSSR count). The lowest BCUT2D eigenvalue weighted by atomic mass is 9.81. The third-order valence-corrected chi connectivity index (χ3v) is 2.44. The second kappa shape index (κ2) is 4.77. The Hall–Kier alpha value is -1.18. The van der Waals surface area contributed by atoms with Gasteiger partial charge in [0.15, 0.2) is 0 Å². The predicted molar refractivity (Wildman–Crippen MR) is 57.1 cm³/mol. The van der Waals surface area contributed by atoms with Crippen molar-refractivity contribution in [1.29, 1.82) is 0 Å². The summed E-state index contributed by atoms with van der Waals surface area (Å²) in [5, 5.41) is 18.0. The van der Waals surface area contributed by atoms with E-state index in [1.165, 1.54) is 6.07 Å². The van der Waals surface area contributed by atoms with E-state index in [2.05, 4.69) is 4.98 Å². The molecule has 7 heteroatoms. The van der Waals surface area contributed by atoms with Crippen molar-refractivity contribution in [3.8, 4) is 0 Å². The van der Waals surface area contributed by atoms with Gasteiger partial charge in [0.1, 0.15) is 5.82 Å². The molecule has 1 aromatic heterocycles. The molecule has 0 spiro atoms. The molecule has 1 fully saturated rings. The van der Waals surface area contributed by atoms with Crippen molar-refractivity contribution in [2.75, 3.05) is 31.2 Å². The van der Waals surface area contributed by atoms with Gasteiger partial charge in [0.05, 0.1) is 13.2 Å². The average molecular weight is 226 g/mol. The first-order chi connectivity index (χ1) is 7.66. The van der Waals surface area contributed by atoms with Crippen molar-refractivity contribution < 1.29 is 19.2 Å². The van der Waals surface area contributed by atoms with Gasteiger partial charge in [-0.2, -0.15) is 4.39 Å².